The molecule has 0 unspecified atom stereocenters. The molecule has 0 spiro atoms. The summed E-state index contributed by atoms with van der Waals surface area (Å²) in [7, 11) is 0. The Morgan fingerprint density at radius 3 is 2.81 bits per heavy atom. The van der Waals surface area contributed by atoms with Crippen LogP contribution in [0.25, 0.3) is 11.0 Å². The summed E-state index contributed by atoms with van der Waals surface area (Å²) in [5.41, 5.74) is 0.484. The molecule has 142 valence electrons. The predicted octanol–water partition coefficient (Wildman–Crippen LogP) is 3.63. The van der Waals surface area contributed by atoms with Crippen LogP contribution >= 0.6 is 11.6 Å². The normalized spacial score (nSPS) is 11.7. The molecular formula is C17H13ClF3N3O3. The monoisotopic (exact) mass is 399 g/mol. The molecule has 0 aliphatic carbocycles. The SMILES string of the molecule is O=c1[nH]c(COCCc2cccc(OC(F)(F)F)c2)nc2ncc(Cl)cc12. The molecule has 1 aromatic carbocycles. The number of ether oxygens (including phenoxy) is 2. The molecule has 3 aromatic rings. The maximum absolute atomic E-state index is 12.2. The van der Waals surface area contributed by atoms with E-state index in [0.29, 0.717) is 17.0 Å². The van der Waals surface area contributed by atoms with Gasteiger partial charge in [0.15, 0.2) is 5.65 Å². The number of nitrogens with one attached hydrogen (secondary N) is 1. The van der Waals surface area contributed by atoms with Crippen LogP contribution in [0.3, 0.4) is 0 Å². The van der Waals surface area contributed by atoms with Crippen LogP contribution < -0.4 is 10.3 Å². The highest BCUT2D eigenvalue weighted by Gasteiger charge is 2.31. The van der Waals surface area contributed by atoms with Gasteiger partial charge in [0, 0.05) is 6.20 Å². The van der Waals surface area contributed by atoms with Crippen LogP contribution in [0.5, 0.6) is 5.75 Å². The topological polar surface area (TPSA) is 77.1 Å². The van der Waals surface area contributed by atoms with E-state index in [0.717, 1.165) is 0 Å². The third kappa shape index (κ3) is 5.41. The first-order valence-electron chi connectivity index (χ1n) is 7.77. The molecule has 2 aromatic heterocycles. The lowest BCUT2D eigenvalue weighted by Crippen LogP contribution is -2.17. The minimum absolute atomic E-state index is 0.0221. The van der Waals surface area contributed by atoms with Crippen LogP contribution in [0.4, 0.5) is 13.2 Å². The fraction of sp³-hybridized carbons (Fsp3) is 0.235. The zero-order chi connectivity index (χ0) is 19.4. The summed E-state index contributed by atoms with van der Waals surface area (Å²) >= 11 is 5.80. The summed E-state index contributed by atoms with van der Waals surface area (Å²) in [5.74, 6) is 0.00161. The summed E-state index contributed by atoms with van der Waals surface area (Å²) in [5, 5.41) is 0.600. The van der Waals surface area contributed by atoms with Crippen molar-refractivity contribution < 1.29 is 22.6 Å². The molecule has 2 heterocycles. The summed E-state index contributed by atoms with van der Waals surface area (Å²) in [6.07, 6.45) is -2.99. The van der Waals surface area contributed by atoms with E-state index in [1.165, 1.54) is 30.5 Å². The number of hydrogen-bond acceptors (Lipinski definition) is 5. The number of rotatable bonds is 6. The lowest BCUT2D eigenvalue weighted by molar-refractivity contribution is -0.274. The van der Waals surface area contributed by atoms with E-state index in [2.05, 4.69) is 19.7 Å². The number of alkyl halides is 3. The van der Waals surface area contributed by atoms with Crippen molar-refractivity contribution in [2.45, 2.75) is 19.4 Å². The molecule has 3 rings (SSSR count). The third-order valence-corrected chi connectivity index (χ3v) is 3.69. The first kappa shape index (κ1) is 19.1. The second-order valence-electron chi connectivity index (χ2n) is 5.54. The minimum Gasteiger partial charge on any atom is -0.406 e. The van der Waals surface area contributed by atoms with Gasteiger partial charge in [-0.2, -0.15) is 0 Å². The second kappa shape index (κ2) is 7.93. The highest BCUT2D eigenvalue weighted by atomic mass is 35.5. The Labute approximate surface area is 155 Å². The zero-order valence-corrected chi connectivity index (χ0v) is 14.5. The van der Waals surface area contributed by atoms with Crippen molar-refractivity contribution >= 4 is 22.6 Å². The zero-order valence-electron chi connectivity index (χ0n) is 13.7. The Kier molecular flexibility index (Phi) is 5.62. The van der Waals surface area contributed by atoms with E-state index in [1.807, 2.05) is 0 Å². The van der Waals surface area contributed by atoms with Crippen molar-refractivity contribution in [2.75, 3.05) is 6.61 Å². The number of aromatic amines is 1. The Morgan fingerprint density at radius 2 is 2.04 bits per heavy atom. The number of aromatic nitrogens is 3. The summed E-state index contributed by atoms with van der Waals surface area (Å²) in [4.78, 5) is 22.8. The lowest BCUT2D eigenvalue weighted by Gasteiger charge is -2.10. The Bertz CT molecular complexity index is 1010. The summed E-state index contributed by atoms with van der Waals surface area (Å²) in [6, 6.07) is 7.11. The van der Waals surface area contributed by atoms with Crippen LogP contribution in [-0.4, -0.2) is 27.9 Å². The molecule has 1 N–H and O–H groups in total. The van der Waals surface area contributed by atoms with E-state index in [1.54, 1.807) is 6.07 Å². The highest BCUT2D eigenvalue weighted by molar-refractivity contribution is 6.31. The first-order valence-corrected chi connectivity index (χ1v) is 8.15. The largest absolute Gasteiger partial charge is 0.573 e. The lowest BCUT2D eigenvalue weighted by atomic mass is 10.1. The predicted molar refractivity (Wildman–Crippen MR) is 91.7 cm³/mol. The van der Waals surface area contributed by atoms with Gasteiger partial charge in [0.2, 0.25) is 0 Å². The van der Waals surface area contributed by atoms with Gasteiger partial charge in [0.05, 0.1) is 17.0 Å². The molecule has 0 radical (unpaired) electrons. The molecule has 0 aliphatic heterocycles. The van der Waals surface area contributed by atoms with Crippen LogP contribution in [-0.2, 0) is 17.8 Å². The molecule has 0 saturated carbocycles. The van der Waals surface area contributed by atoms with Gasteiger partial charge < -0.3 is 14.5 Å². The quantitative estimate of drug-likeness (QED) is 0.640. The molecule has 0 fully saturated rings. The average molecular weight is 400 g/mol. The minimum atomic E-state index is -4.74. The van der Waals surface area contributed by atoms with Crippen LogP contribution in [0, 0.1) is 0 Å². The van der Waals surface area contributed by atoms with Gasteiger partial charge in [-0.3, -0.25) is 4.79 Å². The van der Waals surface area contributed by atoms with Gasteiger partial charge in [-0.1, -0.05) is 23.7 Å². The Hall–Kier alpha value is -2.65. The molecule has 0 atom stereocenters. The summed E-state index contributed by atoms with van der Waals surface area (Å²) in [6.45, 7) is 0.236. The van der Waals surface area contributed by atoms with Crippen LogP contribution in [0.15, 0.2) is 41.3 Å². The molecular weight excluding hydrogens is 387 g/mol. The summed E-state index contributed by atoms with van der Waals surface area (Å²) < 4.78 is 46.0. The molecule has 27 heavy (non-hydrogen) atoms. The second-order valence-corrected chi connectivity index (χ2v) is 5.97. The molecule has 0 aliphatic rings. The fourth-order valence-electron chi connectivity index (χ4n) is 2.37. The van der Waals surface area contributed by atoms with Gasteiger partial charge in [0.25, 0.3) is 5.56 Å². The van der Waals surface area contributed by atoms with Crippen molar-refractivity contribution in [2.24, 2.45) is 0 Å². The number of nitrogens with zero attached hydrogens (tertiary/aromatic N) is 2. The van der Waals surface area contributed by atoms with Gasteiger partial charge >= 0.3 is 6.36 Å². The standard InChI is InChI=1S/C17H13ClF3N3O3/c18-11-7-13-15(22-8-11)23-14(24-16(13)25)9-26-5-4-10-2-1-3-12(6-10)27-17(19,20)21/h1-3,6-8H,4-5,9H2,(H,22,23,24,25). The number of fused-ring (bicyclic) bond motifs is 1. The van der Waals surface area contributed by atoms with Gasteiger partial charge in [-0.25, -0.2) is 9.97 Å². The van der Waals surface area contributed by atoms with Crippen LogP contribution in [0.1, 0.15) is 11.4 Å². The maximum Gasteiger partial charge on any atom is 0.573 e. The van der Waals surface area contributed by atoms with Gasteiger partial charge in [0.1, 0.15) is 18.2 Å². The van der Waals surface area contributed by atoms with Crippen molar-refractivity contribution in [3.63, 3.8) is 0 Å². The van der Waals surface area contributed by atoms with E-state index in [-0.39, 0.29) is 41.4 Å². The Balaban J connectivity index is 1.58. The number of halogens is 4. The number of benzene rings is 1. The van der Waals surface area contributed by atoms with Crippen molar-refractivity contribution in [3.05, 3.63) is 63.3 Å². The molecule has 6 nitrogen and oxygen atoms in total. The van der Waals surface area contributed by atoms with Crippen molar-refractivity contribution in [3.8, 4) is 5.75 Å². The van der Waals surface area contributed by atoms with E-state index in [9.17, 15) is 18.0 Å². The smallest absolute Gasteiger partial charge is 0.406 e. The van der Waals surface area contributed by atoms with Crippen LogP contribution in [0.2, 0.25) is 5.02 Å². The maximum atomic E-state index is 12.2. The van der Waals surface area contributed by atoms with Crippen molar-refractivity contribution in [1.82, 2.24) is 15.0 Å². The molecule has 0 saturated heterocycles. The number of hydrogen-bond donors (Lipinski definition) is 1. The average Bonchev–Trinajstić information content (AvgIpc) is 2.58. The van der Waals surface area contributed by atoms with Crippen molar-refractivity contribution in [1.29, 1.82) is 0 Å². The fourth-order valence-corrected chi connectivity index (χ4v) is 2.53. The van der Waals surface area contributed by atoms with E-state index >= 15 is 0 Å². The molecule has 10 heteroatoms. The van der Waals surface area contributed by atoms with Gasteiger partial charge in [-0.15, -0.1) is 13.2 Å². The Morgan fingerprint density at radius 1 is 1.22 bits per heavy atom. The molecule has 0 bridgehead atoms. The third-order valence-electron chi connectivity index (χ3n) is 3.48. The van der Waals surface area contributed by atoms with E-state index in [4.69, 9.17) is 16.3 Å². The number of H-pyrrole nitrogens is 1. The van der Waals surface area contributed by atoms with Gasteiger partial charge in [-0.05, 0) is 30.2 Å². The highest BCUT2D eigenvalue weighted by Crippen LogP contribution is 2.23. The molecule has 0 amide bonds. The number of pyridine rings is 1. The first-order chi connectivity index (χ1) is 12.8. The van der Waals surface area contributed by atoms with E-state index < -0.39 is 6.36 Å².